The molecule has 0 heterocycles. The second-order valence-corrected chi connectivity index (χ2v) is 8.68. The fraction of sp³-hybridized carbons (Fsp3) is 0.161. The number of rotatable bonds is 11. The lowest BCUT2D eigenvalue weighted by molar-refractivity contribution is -0.127. The van der Waals surface area contributed by atoms with Gasteiger partial charge in [-0.2, -0.15) is 0 Å². The zero-order chi connectivity index (χ0) is 26.7. The number of aromatic hydroxyl groups is 1. The zero-order valence-electron chi connectivity index (χ0n) is 20.9. The van der Waals surface area contributed by atoms with Crippen LogP contribution in [0.1, 0.15) is 22.7 Å². The molecule has 4 aromatic rings. The molecule has 0 aliphatic carbocycles. The van der Waals surface area contributed by atoms with E-state index in [0.717, 1.165) is 21.8 Å². The summed E-state index contributed by atoms with van der Waals surface area (Å²) in [6.45, 7) is -0.00486. The van der Waals surface area contributed by atoms with E-state index in [2.05, 4.69) is 5.32 Å². The van der Waals surface area contributed by atoms with Crippen LogP contribution in [0.25, 0.3) is 0 Å². The summed E-state index contributed by atoms with van der Waals surface area (Å²) < 4.78 is 5.83. The number of nitrogens with zero attached hydrogens (tertiary/aromatic N) is 1. The SMILES string of the molecule is O=C(NCCc1ccc(OCc2ccccc2)cc1)C(c1ccccc1)N(C(=O)CO)c1ccccc1O. The highest BCUT2D eigenvalue weighted by atomic mass is 16.5. The van der Waals surface area contributed by atoms with Crippen molar-refractivity contribution < 1.29 is 24.5 Å². The maximum atomic E-state index is 13.5. The molecule has 1 unspecified atom stereocenters. The van der Waals surface area contributed by atoms with Gasteiger partial charge in [0.15, 0.2) is 0 Å². The Morgan fingerprint density at radius 3 is 2.08 bits per heavy atom. The second-order valence-electron chi connectivity index (χ2n) is 8.68. The van der Waals surface area contributed by atoms with Gasteiger partial charge in [-0.1, -0.05) is 84.9 Å². The summed E-state index contributed by atoms with van der Waals surface area (Å²) in [7, 11) is 0. The molecule has 0 saturated carbocycles. The number of para-hydroxylation sites is 2. The number of ether oxygens (including phenoxy) is 1. The number of carbonyl (C=O) groups excluding carboxylic acids is 2. The molecule has 2 amide bonds. The summed E-state index contributed by atoms with van der Waals surface area (Å²) in [4.78, 5) is 27.4. The van der Waals surface area contributed by atoms with E-state index < -0.39 is 24.5 Å². The minimum absolute atomic E-state index is 0.140. The highest BCUT2D eigenvalue weighted by Gasteiger charge is 2.33. The lowest BCUT2D eigenvalue weighted by Gasteiger charge is -2.31. The van der Waals surface area contributed by atoms with Crippen molar-refractivity contribution in [2.45, 2.75) is 19.1 Å². The van der Waals surface area contributed by atoms with Gasteiger partial charge in [0.05, 0.1) is 5.69 Å². The number of carbonyl (C=O) groups is 2. The van der Waals surface area contributed by atoms with Crippen molar-refractivity contribution in [3.05, 3.63) is 126 Å². The number of anilines is 1. The summed E-state index contributed by atoms with van der Waals surface area (Å²) in [6.07, 6.45) is 0.566. The van der Waals surface area contributed by atoms with Gasteiger partial charge >= 0.3 is 0 Å². The number of hydrogen-bond donors (Lipinski definition) is 3. The topological polar surface area (TPSA) is 99.1 Å². The Morgan fingerprint density at radius 1 is 0.789 bits per heavy atom. The van der Waals surface area contributed by atoms with Crippen LogP contribution in [0.4, 0.5) is 5.69 Å². The standard InChI is InChI=1S/C31H30N2O5/c34-21-29(36)33(27-13-7-8-14-28(27)35)30(25-11-5-2-6-12-25)31(37)32-20-19-23-15-17-26(18-16-23)38-22-24-9-3-1-4-10-24/h1-18,30,34-35H,19-22H2,(H,32,37). The average molecular weight is 511 g/mol. The molecule has 38 heavy (non-hydrogen) atoms. The minimum atomic E-state index is -1.09. The molecule has 0 saturated heterocycles. The lowest BCUT2D eigenvalue weighted by atomic mass is 10.0. The molecule has 0 spiro atoms. The Bertz CT molecular complexity index is 1330. The van der Waals surface area contributed by atoms with Gasteiger partial charge < -0.3 is 20.3 Å². The zero-order valence-corrected chi connectivity index (χ0v) is 20.9. The lowest BCUT2D eigenvalue weighted by Crippen LogP contribution is -2.45. The van der Waals surface area contributed by atoms with Crippen LogP contribution in [-0.2, 0) is 22.6 Å². The summed E-state index contributed by atoms with van der Waals surface area (Å²) >= 11 is 0. The molecule has 7 nitrogen and oxygen atoms in total. The van der Waals surface area contributed by atoms with Gasteiger partial charge in [-0.25, -0.2) is 0 Å². The molecule has 0 bridgehead atoms. The van der Waals surface area contributed by atoms with E-state index in [4.69, 9.17) is 4.74 Å². The highest BCUT2D eigenvalue weighted by molar-refractivity contribution is 6.02. The molecule has 0 fully saturated rings. The molecule has 4 aromatic carbocycles. The first kappa shape index (κ1) is 26.4. The molecule has 0 aromatic heterocycles. The largest absolute Gasteiger partial charge is 0.506 e. The third-order valence-electron chi connectivity index (χ3n) is 6.05. The third kappa shape index (κ3) is 6.78. The van der Waals surface area contributed by atoms with Crippen LogP contribution in [0, 0.1) is 0 Å². The molecule has 4 rings (SSSR count). The van der Waals surface area contributed by atoms with Crippen molar-refractivity contribution in [3.8, 4) is 11.5 Å². The number of aliphatic hydroxyl groups excluding tert-OH is 1. The van der Waals surface area contributed by atoms with Crippen molar-refractivity contribution in [1.29, 1.82) is 0 Å². The Morgan fingerprint density at radius 2 is 1.42 bits per heavy atom. The van der Waals surface area contributed by atoms with Gasteiger partial charge in [0.1, 0.15) is 30.8 Å². The van der Waals surface area contributed by atoms with Crippen LogP contribution < -0.4 is 15.0 Å². The molecular weight excluding hydrogens is 480 g/mol. The first-order valence-electron chi connectivity index (χ1n) is 12.4. The molecule has 0 aliphatic heterocycles. The van der Waals surface area contributed by atoms with Crippen molar-refractivity contribution >= 4 is 17.5 Å². The number of phenols is 1. The number of amides is 2. The molecule has 1 atom stereocenters. The van der Waals surface area contributed by atoms with Gasteiger partial charge in [0.2, 0.25) is 5.91 Å². The normalized spacial score (nSPS) is 11.4. The van der Waals surface area contributed by atoms with E-state index in [1.54, 1.807) is 36.4 Å². The molecule has 194 valence electrons. The van der Waals surface area contributed by atoms with E-state index in [1.807, 2.05) is 60.7 Å². The minimum Gasteiger partial charge on any atom is -0.506 e. The van der Waals surface area contributed by atoms with Crippen molar-refractivity contribution in [2.75, 3.05) is 18.1 Å². The number of aliphatic hydroxyl groups is 1. The predicted molar refractivity (Wildman–Crippen MR) is 146 cm³/mol. The number of hydrogen-bond acceptors (Lipinski definition) is 5. The van der Waals surface area contributed by atoms with Gasteiger partial charge in [0.25, 0.3) is 5.91 Å². The number of nitrogens with one attached hydrogen (secondary N) is 1. The average Bonchev–Trinajstić information content (AvgIpc) is 2.96. The van der Waals surface area contributed by atoms with Crippen LogP contribution in [0.5, 0.6) is 11.5 Å². The Balaban J connectivity index is 1.44. The number of benzene rings is 4. The van der Waals surface area contributed by atoms with E-state index in [0.29, 0.717) is 25.1 Å². The van der Waals surface area contributed by atoms with Gasteiger partial charge in [-0.05, 0) is 47.4 Å². The first-order chi connectivity index (χ1) is 18.6. The molecule has 0 aliphatic rings. The third-order valence-corrected chi connectivity index (χ3v) is 6.05. The molecule has 7 heteroatoms. The highest BCUT2D eigenvalue weighted by Crippen LogP contribution is 2.34. The van der Waals surface area contributed by atoms with E-state index >= 15 is 0 Å². The summed E-state index contributed by atoms with van der Waals surface area (Å²) in [5.41, 5.74) is 2.79. The summed E-state index contributed by atoms with van der Waals surface area (Å²) in [5, 5.41) is 23.0. The van der Waals surface area contributed by atoms with Crippen LogP contribution >= 0.6 is 0 Å². The van der Waals surface area contributed by atoms with Crippen LogP contribution in [-0.4, -0.2) is 35.2 Å². The maximum absolute atomic E-state index is 13.5. The van der Waals surface area contributed by atoms with Crippen molar-refractivity contribution in [2.24, 2.45) is 0 Å². The monoisotopic (exact) mass is 510 g/mol. The van der Waals surface area contributed by atoms with Crippen LogP contribution in [0.15, 0.2) is 109 Å². The Hall–Kier alpha value is -4.62. The molecule has 0 radical (unpaired) electrons. The van der Waals surface area contributed by atoms with Crippen LogP contribution in [0.3, 0.4) is 0 Å². The molecule has 3 N–H and O–H groups in total. The van der Waals surface area contributed by atoms with Gasteiger partial charge in [-0.3, -0.25) is 14.5 Å². The fourth-order valence-corrected chi connectivity index (χ4v) is 4.13. The summed E-state index contributed by atoms with van der Waals surface area (Å²) in [6, 6.07) is 31.6. The van der Waals surface area contributed by atoms with E-state index in [-0.39, 0.29) is 11.4 Å². The Kier molecular flexibility index (Phi) is 9.10. The van der Waals surface area contributed by atoms with Crippen molar-refractivity contribution in [3.63, 3.8) is 0 Å². The maximum Gasteiger partial charge on any atom is 0.253 e. The Labute approximate surface area is 221 Å². The number of phenolic OH excluding ortho intramolecular Hbond substituents is 1. The smallest absolute Gasteiger partial charge is 0.253 e. The fourth-order valence-electron chi connectivity index (χ4n) is 4.13. The summed E-state index contributed by atoms with van der Waals surface area (Å²) in [5.74, 6) is -0.546. The van der Waals surface area contributed by atoms with Crippen molar-refractivity contribution in [1.82, 2.24) is 5.32 Å². The van der Waals surface area contributed by atoms with E-state index in [9.17, 15) is 19.8 Å². The first-order valence-corrected chi connectivity index (χ1v) is 12.4. The second kappa shape index (κ2) is 13.1. The van der Waals surface area contributed by atoms with Gasteiger partial charge in [0, 0.05) is 6.54 Å². The van der Waals surface area contributed by atoms with E-state index in [1.165, 1.54) is 12.1 Å². The quantitative estimate of drug-likeness (QED) is 0.278. The van der Waals surface area contributed by atoms with Crippen LogP contribution in [0.2, 0.25) is 0 Å². The molecular formula is C31H30N2O5. The van der Waals surface area contributed by atoms with Gasteiger partial charge in [-0.15, -0.1) is 0 Å². The predicted octanol–water partition coefficient (Wildman–Crippen LogP) is 4.40.